The summed E-state index contributed by atoms with van der Waals surface area (Å²) in [6, 6.07) is 8.96. The third-order valence-corrected chi connectivity index (χ3v) is 2.91. The standard InChI is InChI=1S/C10H12INO/c11-9-3-1-8(2-4-9)10-7-13-6-5-12-10/h1-4,10,12H,5-7H2/t10-/m1/s1. The Morgan fingerprint density at radius 1 is 1.31 bits per heavy atom. The van der Waals surface area contributed by atoms with Crippen LogP contribution in [0.5, 0.6) is 0 Å². The number of ether oxygens (including phenoxy) is 1. The highest BCUT2D eigenvalue weighted by Crippen LogP contribution is 2.16. The van der Waals surface area contributed by atoms with Gasteiger partial charge in [0.15, 0.2) is 0 Å². The molecule has 0 radical (unpaired) electrons. The molecular formula is C10H12INO. The molecule has 1 aromatic carbocycles. The van der Waals surface area contributed by atoms with E-state index >= 15 is 0 Å². The van der Waals surface area contributed by atoms with Crippen LogP contribution < -0.4 is 5.32 Å². The fourth-order valence-corrected chi connectivity index (χ4v) is 1.83. The maximum absolute atomic E-state index is 5.40. The van der Waals surface area contributed by atoms with Gasteiger partial charge in [0.25, 0.3) is 0 Å². The average Bonchev–Trinajstić information content (AvgIpc) is 2.20. The molecule has 13 heavy (non-hydrogen) atoms. The molecule has 1 saturated heterocycles. The lowest BCUT2D eigenvalue weighted by molar-refractivity contribution is 0.0769. The lowest BCUT2D eigenvalue weighted by atomic mass is 10.1. The first-order valence-corrected chi connectivity index (χ1v) is 5.51. The van der Waals surface area contributed by atoms with Crippen LogP contribution in [0.1, 0.15) is 11.6 Å². The van der Waals surface area contributed by atoms with Crippen LogP contribution in [-0.2, 0) is 4.74 Å². The van der Waals surface area contributed by atoms with Gasteiger partial charge in [-0.15, -0.1) is 0 Å². The van der Waals surface area contributed by atoms with Crippen molar-refractivity contribution in [1.82, 2.24) is 5.32 Å². The molecule has 1 N–H and O–H groups in total. The maximum Gasteiger partial charge on any atom is 0.0662 e. The van der Waals surface area contributed by atoms with E-state index in [1.807, 2.05) is 0 Å². The molecule has 2 rings (SSSR count). The van der Waals surface area contributed by atoms with Crippen LogP contribution in [0, 0.1) is 3.57 Å². The third-order valence-electron chi connectivity index (χ3n) is 2.19. The Bertz CT molecular complexity index is 267. The Balaban J connectivity index is 2.10. The van der Waals surface area contributed by atoms with E-state index in [-0.39, 0.29) is 0 Å². The third kappa shape index (κ3) is 2.42. The summed E-state index contributed by atoms with van der Waals surface area (Å²) in [7, 11) is 0. The minimum atomic E-state index is 0.380. The summed E-state index contributed by atoms with van der Waals surface area (Å²) in [5, 5.41) is 3.43. The minimum absolute atomic E-state index is 0.380. The summed E-state index contributed by atoms with van der Waals surface area (Å²) in [6.45, 7) is 2.58. The number of rotatable bonds is 1. The molecule has 0 unspecified atom stereocenters. The maximum atomic E-state index is 5.40. The van der Waals surface area contributed by atoms with Gasteiger partial charge in [0.2, 0.25) is 0 Å². The Kier molecular flexibility index (Phi) is 3.18. The Hall–Kier alpha value is -0.130. The van der Waals surface area contributed by atoms with Crippen molar-refractivity contribution < 1.29 is 4.74 Å². The summed E-state index contributed by atoms with van der Waals surface area (Å²) in [5.74, 6) is 0. The normalized spacial score (nSPS) is 23.0. The lowest BCUT2D eigenvalue weighted by Gasteiger charge is -2.24. The highest BCUT2D eigenvalue weighted by Gasteiger charge is 2.14. The zero-order valence-electron chi connectivity index (χ0n) is 7.29. The molecule has 0 bridgehead atoms. The molecule has 0 aliphatic carbocycles. The minimum Gasteiger partial charge on any atom is -0.378 e. The van der Waals surface area contributed by atoms with Crippen molar-refractivity contribution in [2.45, 2.75) is 6.04 Å². The molecule has 1 aliphatic rings. The zero-order chi connectivity index (χ0) is 9.10. The first kappa shape index (κ1) is 9.43. The number of morpholine rings is 1. The number of nitrogens with one attached hydrogen (secondary N) is 1. The Morgan fingerprint density at radius 3 is 2.69 bits per heavy atom. The van der Waals surface area contributed by atoms with E-state index in [1.54, 1.807) is 0 Å². The first-order valence-electron chi connectivity index (χ1n) is 4.43. The smallest absolute Gasteiger partial charge is 0.0662 e. The van der Waals surface area contributed by atoms with Gasteiger partial charge in [-0.05, 0) is 40.3 Å². The van der Waals surface area contributed by atoms with Crippen LogP contribution in [0.2, 0.25) is 0 Å². The molecule has 0 saturated carbocycles. The molecule has 1 aromatic rings. The monoisotopic (exact) mass is 289 g/mol. The summed E-state index contributed by atoms with van der Waals surface area (Å²) < 4.78 is 6.68. The van der Waals surface area contributed by atoms with Gasteiger partial charge < -0.3 is 10.1 Å². The van der Waals surface area contributed by atoms with Gasteiger partial charge in [-0.2, -0.15) is 0 Å². The van der Waals surface area contributed by atoms with E-state index in [0.29, 0.717) is 6.04 Å². The fraction of sp³-hybridized carbons (Fsp3) is 0.400. The second-order valence-corrected chi connectivity index (χ2v) is 4.38. The topological polar surface area (TPSA) is 21.3 Å². The number of hydrogen-bond donors (Lipinski definition) is 1. The van der Waals surface area contributed by atoms with Gasteiger partial charge in [0.1, 0.15) is 0 Å². The molecule has 0 amide bonds. The van der Waals surface area contributed by atoms with Crippen molar-refractivity contribution in [3.63, 3.8) is 0 Å². The number of hydrogen-bond acceptors (Lipinski definition) is 2. The van der Waals surface area contributed by atoms with Gasteiger partial charge in [0, 0.05) is 10.1 Å². The van der Waals surface area contributed by atoms with Crippen LogP contribution in [0.3, 0.4) is 0 Å². The van der Waals surface area contributed by atoms with Crippen molar-refractivity contribution >= 4 is 22.6 Å². The highest BCUT2D eigenvalue weighted by atomic mass is 127. The van der Waals surface area contributed by atoms with Crippen molar-refractivity contribution in [3.05, 3.63) is 33.4 Å². The van der Waals surface area contributed by atoms with E-state index in [2.05, 4.69) is 52.2 Å². The predicted octanol–water partition coefficient (Wildman–Crippen LogP) is 1.95. The first-order chi connectivity index (χ1) is 6.36. The van der Waals surface area contributed by atoms with Gasteiger partial charge in [-0.1, -0.05) is 12.1 Å². The zero-order valence-corrected chi connectivity index (χ0v) is 9.45. The molecule has 70 valence electrons. The van der Waals surface area contributed by atoms with Gasteiger partial charge in [0.05, 0.1) is 19.3 Å². The van der Waals surface area contributed by atoms with Crippen LogP contribution in [0.4, 0.5) is 0 Å². The molecule has 0 spiro atoms. The quantitative estimate of drug-likeness (QED) is 0.798. The molecule has 1 fully saturated rings. The summed E-state index contributed by atoms with van der Waals surface area (Å²) in [6.07, 6.45) is 0. The van der Waals surface area contributed by atoms with Gasteiger partial charge >= 0.3 is 0 Å². The van der Waals surface area contributed by atoms with Crippen molar-refractivity contribution in [2.75, 3.05) is 19.8 Å². The summed E-state index contributed by atoms with van der Waals surface area (Å²) in [4.78, 5) is 0. The molecule has 1 aliphatic heterocycles. The van der Waals surface area contributed by atoms with Crippen LogP contribution in [0.15, 0.2) is 24.3 Å². The second-order valence-electron chi connectivity index (χ2n) is 3.13. The highest BCUT2D eigenvalue weighted by molar-refractivity contribution is 14.1. The Morgan fingerprint density at radius 2 is 2.08 bits per heavy atom. The summed E-state index contributed by atoms with van der Waals surface area (Å²) in [5.41, 5.74) is 1.32. The lowest BCUT2D eigenvalue weighted by Crippen LogP contribution is -2.34. The fourth-order valence-electron chi connectivity index (χ4n) is 1.47. The summed E-state index contributed by atoms with van der Waals surface area (Å²) >= 11 is 2.32. The van der Waals surface area contributed by atoms with Crippen molar-refractivity contribution in [2.24, 2.45) is 0 Å². The van der Waals surface area contributed by atoms with E-state index in [9.17, 15) is 0 Å². The van der Waals surface area contributed by atoms with Crippen LogP contribution >= 0.6 is 22.6 Å². The SMILES string of the molecule is Ic1ccc([C@H]2COCCN2)cc1. The number of halogens is 1. The second kappa shape index (κ2) is 4.39. The molecular weight excluding hydrogens is 277 g/mol. The largest absolute Gasteiger partial charge is 0.378 e. The van der Waals surface area contributed by atoms with Gasteiger partial charge in [-0.25, -0.2) is 0 Å². The van der Waals surface area contributed by atoms with Crippen LogP contribution in [-0.4, -0.2) is 19.8 Å². The Labute approximate surface area is 91.8 Å². The molecule has 1 heterocycles. The van der Waals surface area contributed by atoms with Crippen LogP contribution in [0.25, 0.3) is 0 Å². The molecule has 0 aromatic heterocycles. The van der Waals surface area contributed by atoms with E-state index in [1.165, 1.54) is 9.13 Å². The van der Waals surface area contributed by atoms with E-state index < -0.39 is 0 Å². The van der Waals surface area contributed by atoms with Crippen molar-refractivity contribution in [1.29, 1.82) is 0 Å². The molecule has 1 atom stereocenters. The van der Waals surface area contributed by atoms with E-state index in [4.69, 9.17) is 4.74 Å². The average molecular weight is 289 g/mol. The predicted molar refractivity (Wildman–Crippen MR) is 60.7 cm³/mol. The van der Waals surface area contributed by atoms with Crippen molar-refractivity contribution in [3.8, 4) is 0 Å². The van der Waals surface area contributed by atoms with E-state index in [0.717, 1.165) is 19.8 Å². The molecule has 2 nitrogen and oxygen atoms in total. The number of benzene rings is 1. The van der Waals surface area contributed by atoms with Gasteiger partial charge in [-0.3, -0.25) is 0 Å². The molecule has 3 heteroatoms.